The van der Waals surface area contributed by atoms with Crippen molar-refractivity contribution >= 4 is 11.5 Å². The largest absolute Gasteiger partial charge is 0.492 e. The van der Waals surface area contributed by atoms with E-state index in [1.165, 1.54) is 12.8 Å². The molecule has 0 spiro atoms. The number of allylic oxidation sites excluding steroid dienone is 4. The number of pyridine rings is 1. The maximum atomic E-state index is 12.4. The Kier molecular flexibility index (Phi) is 6.51. The normalized spacial score (nSPS) is 18.7. The summed E-state index contributed by atoms with van der Waals surface area (Å²) < 4.78 is 5.99. The molecular formula is C26H29N3O2. The summed E-state index contributed by atoms with van der Waals surface area (Å²) in [5.41, 5.74) is 6.03. The number of aromatic nitrogens is 1. The minimum absolute atomic E-state index is 0.00575. The van der Waals surface area contributed by atoms with Gasteiger partial charge in [-0.05, 0) is 61.1 Å². The molecule has 0 atom stereocenters. The first-order valence-electron chi connectivity index (χ1n) is 10.9. The minimum Gasteiger partial charge on any atom is -0.492 e. The first-order chi connectivity index (χ1) is 15.2. The Balaban J connectivity index is 1.47. The number of hydrogen-bond acceptors (Lipinski definition) is 4. The summed E-state index contributed by atoms with van der Waals surface area (Å²) in [6.45, 7) is 8.14. The van der Waals surface area contributed by atoms with E-state index in [1.54, 1.807) is 12.4 Å². The lowest BCUT2D eigenvalue weighted by Gasteiger charge is -2.14. The van der Waals surface area contributed by atoms with E-state index in [-0.39, 0.29) is 5.91 Å². The van der Waals surface area contributed by atoms with Crippen LogP contribution in [-0.2, 0) is 11.3 Å². The maximum Gasteiger partial charge on any atom is 0.251 e. The molecule has 4 rings (SSSR count). The fraction of sp³-hybridized carbons (Fsp3) is 0.308. The second-order valence-electron chi connectivity index (χ2n) is 8.09. The van der Waals surface area contributed by atoms with Crippen LogP contribution in [0.2, 0.25) is 0 Å². The van der Waals surface area contributed by atoms with Gasteiger partial charge in [0.1, 0.15) is 5.76 Å². The van der Waals surface area contributed by atoms with Crippen LogP contribution in [0.15, 0.2) is 78.5 Å². The van der Waals surface area contributed by atoms with Crippen molar-refractivity contribution in [3.05, 3.63) is 95.2 Å². The van der Waals surface area contributed by atoms with Gasteiger partial charge in [0.25, 0.3) is 5.91 Å². The third kappa shape index (κ3) is 5.23. The van der Waals surface area contributed by atoms with Crippen LogP contribution >= 0.6 is 0 Å². The van der Waals surface area contributed by atoms with Crippen molar-refractivity contribution in [3.8, 4) is 0 Å². The van der Waals surface area contributed by atoms with Gasteiger partial charge in [-0.3, -0.25) is 9.78 Å². The zero-order valence-electron chi connectivity index (χ0n) is 18.0. The van der Waals surface area contributed by atoms with Crippen molar-refractivity contribution in [3.63, 3.8) is 0 Å². The molecule has 2 aromatic rings. The molecule has 2 fully saturated rings. The van der Waals surface area contributed by atoms with Gasteiger partial charge in [0.05, 0.1) is 6.61 Å². The standard InChI is InChI=1S/C26H29N3O2/c1-3-23(21-9-12-27-13-10-21)25-24(11-14-31-25)18(2)28-17-20-5-4-6-22(15-20)26(30)29-16-19-7-8-19/h3-6,9-10,12-13,15,19,28H,1,7-8,11,14,16-17H2,2H3,(H,29,30)/b24-18+,25-23-. The predicted octanol–water partition coefficient (Wildman–Crippen LogP) is 4.60. The van der Waals surface area contributed by atoms with Crippen LogP contribution in [0.1, 0.15) is 47.7 Å². The first kappa shape index (κ1) is 20.9. The number of nitrogens with one attached hydrogen (secondary N) is 2. The molecule has 0 bridgehead atoms. The molecule has 0 radical (unpaired) electrons. The fourth-order valence-corrected chi connectivity index (χ4v) is 3.75. The van der Waals surface area contributed by atoms with Gasteiger partial charge in [0.15, 0.2) is 0 Å². The fourth-order valence-electron chi connectivity index (χ4n) is 3.75. The van der Waals surface area contributed by atoms with Crippen LogP contribution in [0.25, 0.3) is 5.57 Å². The lowest BCUT2D eigenvalue weighted by molar-refractivity contribution is 0.0951. The van der Waals surface area contributed by atoms with Crippen molar-refractivity contribution < 1.29 is 9.53 Å². The topological polar surface area (TPSA) is 63.2 Å². The van der Waals surface area contributed by atoms with Crippen molar-refractivity contribution in [1.82, 2.24) is 15.6 Å². The van der Waals surface area contributed by atoms with Crippen LogP contribution in [0, 0.1) is 5.92 Å². The monoisotopic (exact) mass is 415 g/mol. The van der Waals surface area contributed by atoms with Crippen LogP contribution in [0.3, 0.4) is 0 Å². The third-order valence-electron chi connectivity index (χ3n) is 5.76. The van der Waals surface area contributed by atoms with Crippen LogP contribution in [0.5, 0.6) is 0 Å². The zero-order chi connectivity index (χ0) is 21.6. The first-order valence-corrected chi connectivity index (χ1v) is 10.9. The Hall–Kier alpha value is -3.34. The van der Waals surface area contributed by atoms with Gasteiger partial charge in [-0.1, -0.05) is 24.8 Å². The second kappa shape index (κ2) is 9.65. The Morgan fingerprint density at radius 1 is 1.19 bits per heavy atom. The molecule has 1 aromatic carbocycles. The number of hydrogen-bond donors (Lipinski definition) is 2. The quantitative estimate of drug-likeness (QED) is 0.661. The highest BCUT2D eigenvalue weighted by Gasteiger charge is 2.23. The highest BCUT2D eigenvalue weighted by molar-refractivity contribution is 5.94. The lowest BCUT2D eigenvalue weighted by Crippen LogP contribution is -2.25. The number of rotatable bonds is 8. The molecule has 1 aliphatic carbocycles. The molecule has 5 nitrogen and oxygen atoms in total. The van der Waals surface area contributed by atoms with Gasteiger partial charge in [-0.25, -0.2) is 0 Å². The Bertz CT molecular complexity index is 1020. The molecule has 160 valence electrons. The van der Waals surface area contributed by atoms with E-state index >= 15 is 0 Å². The summed E-state index contributed by atoms with van der Waals surface area (Å²) in [7, 11) is 0. The summed E-state index contributed by atoms with van der Waals surface area (Å²) in [4.78, 5) is 16.5. The van der Waals surface area contributed by atoms with Crippen molar-refractivity contribution in [2.24, 2.45) is 5.92 Å². The molecule has 2 N–H and O–H groups in total. The van der Waals surface area contributed by atoms with E-state index < -0.39 is 0 Å². The minimum atomic E-state index is 0.00575. The van der Waals surface area contributed by atoms with E-state index in [4.69, 9.17) is 4.74 Å². The number of ether oxygens (including phenoxy) is 1. The number of carbonyl (C=O) groups excluding carboxylic acids is 1. The van der Waals surface area contributed by atoms with Gasteiger partial charge < -0.3 is 15.4 Å². The molecule has 5 heteroatoms. The van der Waals surface area contributed by atoms with Gasteiger partial charge in [0, 0.05) is 54.3 Å². The van der Waals surface area contributed by atoms with E-state index in [9.17, 15) is 4.79 Å². The van der Waals surface area contributed by atoms with Crippen LogP contribution in [0.4, 0.5) is 0 Å². The summed E-state index contributed by atoms with van der Waals surface area (Å²) in [5.74, 6) is 1.55. The molecule has 2 heterocycles. The van der Waals surface area contributed by atoms with Gasteiger partial charge in [-0.2, -0.15) is 0 Å². The Morgan fingerprint density at radius 2 is 2.00 bits per heavy atom. The molecule has 1 amide bonds. The molecular weight excluding hydrogens is 386 g/mol. The smallest absolute Gasteiger partial charge is 0.251 e. The van der Waals surface area contributed by atoms with E-state index in [0.29, 0.717) is 24.6 Å². The second-order valence-corrected chi connectivity index (χ2v) is 8.09. The summed E-state index contributed by atoms with van der Waals surface area (Å²) in [6.07, 6.45) is 8.70. The van der Waals surface area contributed by atoms with E-state index in [1.807, 2.05) is 42.5 Å². The van der Waals surface area contributed by atoms with E-state index in [2.05, 4.69) is 29.1 Å². The lowest BCUT2D eigenvalue weighted by atomic mass is 10.0. The molecule has 1 saturated heterocycles. The highest BCUT2D eigenvalue weighted by atomic mass is 16.5. The Morgan fingerprint density at radius 3 is 2.74 bits per heavy atom. The number of nitrogens with zero attached hydrogens (tertiary/aromatic N) is 1. The predicted molar refractivity (Wildman–Crippen MR) is 123 cm³/mol. The summed E-state index contributed by atoms with van der Waals surface area (Å²) in [6, 6.07) is 11.7. The molecule has 0 unspecified atom stereocenters. The summed E-state index contributed by atoms with van der Waals surface area (Å²) in [5, 5.41) is 6.55. The molecule has 1 aliphatic heterocycles. The van der Waals surface area contributed by atoms with Gasteiger partial charge in [0.2, 0.25) is 0 Å². The van der Waals surface area contributed by atoms with Crippen LogP contribution in [-0.4, -0.2) is 24.0 Å². The zero-order valence-corrected chi connectivity index (χ0v) is 18.0. The summed E-state index contributed by atoms with van der Waals surface area (Å²) >= 11 is 0. The average molecular weight is 416 g/mol. The Labute approximate surface area is 183 Å². The van der Waals surface area contributed by atoms with Crippen LogP contribution < -0.4 is 10.6 Å². The molecule has 1 saturated carbocycles. The van der Waals surface area contributed by atoms with Crippen molar-refractivity contribution in [1.29, 1.82) is 0 Å². The average Bonchev–Trinajstić information content (AvgIpc) is 3.52. The van der Waals surface area contributed by atoms with Crippen molar-refractivity contribution in [2.45, 2.75) is 32.7 Å². The van der Waals surface area contributed by atoms with E-state index in [0.717, 1.165) is 46.7 Å². The third-order valence-corrected chi connectivity index (χ3v) is 5.76. The molecule has 2 aliphatic rings. The molecule has 31 heavy (non-hydrogen) atoms. The SMILES string of the molecule is C=C/C(=C1/OCC/C1=C(/C)NCc1cccc(C(=O)NCC2CC2)c1)c1ccncc1. The number of amides is 1. The number of benzene rings is 1. The van der Waals surface area contributed by atoms with Gasteiger partial charge >= 0.3 is 0 Å². The number of carbonyl (C=O) groups is 1. The maximum absolute atomic E-state index is 12.4. The molecule has 1 aromatic heterocycles. The van der Waals surface area contributed by atoms with Crippen molar-refractivity contribution in [2.75, 3.05) is 13.2 Å². The van der Waals surface area contributed by atoms with Gasteiger partial charge in [-0.15, -0.1) is 0 Å². The highest BCUT2D eigenvalue weighted by Crippen LogP contribution is 2.33.